The van der Waals surface area contributed by atoms with Gasteiger partial charge in [0, 0.05) is 7.05 Å². The third kappa shape index (κ3) is 5.39. The molecule has 0 saturated carbocycles. The van der Waals surface area contributed by atoms with Gasteiger partial charge < -0.3 is 19.7 Å². The van der Waals surface area contributed by atoms with E-state index < -0.39 is 0 Å². The Morgan fingerprint density at radius 1 is 1.27 bits per heavy atom. The zero-order valence-electron chi connectivity index (χ0n) is 13.2. The molecule has 0 aromatic heterocycles. The van der Waals surface area contributed by atoms with E-state index in [0.717, 1.165) is 37.3 Å². The minimum atomic E-state index is -0.0234. The molecule has 1 N–H and O–H groups in total. The molecule has 22 heavy (non-hydrogen) atoms. The molecule has 2 rings (SSSR count). The lowest BCUT2D eigenvalue weighted by atomic mass is 10.0. The number of ether oxygens (including phenoxy) is 2. The molecule has 5 nitrogen and oxygen atoms in total. The number of halogens is 1. The van der Waals surface area contributed by atoms with E-state index in [4.69, 9.17) is 9.47 Å². The van der Waals surface area contributed by atoms with Gasteiger partial charge >= 0.3 is 0 Å². The van der Waals surface area contributed by atoms with Crippen molar-refractivity contribution in [3.05, 3.63) is 24.3 Å². The molecule has 1 aliphatic rings. The highest BCUT2D eigenvalue weighted by molar-refractivity contribution is 5.85. The lowest BCUT2D eigenvalue weighted by Gasteiger charge is -2.27. The molecule has 1 saturated heterocycles. The Balaban J connectivity index is 0.00000242. The first kappa shape index (κ1) is 18.6. The van der Waals surface area contributed by atoms with Crippen LogP contribution < -0.4 is 14.8 Å². The summed E-state index contributed by atoms with van der Waals surface area (Å²) in [5, 5.41) is 3.27. The van der Waals surface area contributed by atoms with Crippen molar-refractivity contribution in [3.8, 4) is 11.5 Å². The molecule has 1 aromatic carbocycles. The zero-order chi connectivity index (χ0) is 15.1. The smallest absolute Gasteiger partial charge is 0.239 e. The van der Waals surface area contributed by atoms with Crippen LogP contribution in [0.25, 0.3) is 0 Å². The molecule has 6 heteroatoms. The van der Waals surface area contributed by atoms with Crippen molar-refractivity contribution in [2.45, 2.75) is 25.3 Å². The normalized spacial score (nSPS) is 17.3. The van der Waals surface area contributed by atoms with E-state index >= 15 is 0 Å². The van der Waals surface area contributed by atoms with E-state index in [0.29, 0.717) is 13.2 Å². The monoisotopic (exact) mass is 328 g/mol. The van der Waals surface area contributed by atoms with Crippen LogP contribution >= 0.6 is 12.4 Å². The predicted octanol–water partition coefficient (Wildman–Crippen LogP) is 2.10. The standard InChI is InChI=1S/C16H24N2O3.ClH/c1-18(16(19)15-5-3-4-10-17-15)11-12-21-14-8-6-13(20-2)7-9-14;/h6-9,15,17H,3-5,10-12H2,1-2H3;1H/t15-;/m1./s1. The molecular formula is C16H25ClN2O3. The van der Waals surface area contributed by atoms with Crippen molar-refractivity contribution in [2.75, 3.05) is 33.9 Å². The fraction of sp³-hybridized carbons (Fsp3) is 0.562. The number of hydrogen-bond acceptors (Lipinski definition) is 4. The van der Waals surface area contributed by atoms with E-state index in [1.54, 1.807) is 12.0 Å². The molecule has 1 amide bonds. The van der Waals surface area contributed by atoms with Crippen LogP contribution in [0, 0.1) is 0 Å². The minimum absolute atomic E-state index is 0. The summed E-state index contributed by atoms with van der Waals surface area (Å²) < 4.78 is 10.7. The van der Waals surface area contributed by atoms with Crippen LogP contribution in [-0.2, 0) is 4.79 Å². The number of rotatable bonds is 6. The topological polar surface area (TPSA) is 50.8 Å². The Bertz CT molecular complexity index is 447. The highest BCUT2D eigenvalue weighted by Gasteiger charge is 2.23. The third-order valence-corrected chi connectivity index (χ3v) is 3.74. The third-order valence-electron chi connectivity index (χ3n) is 3.74. The quantitative estimate of drug-likeness (QED) is 0.869. The molecule has 0 unspecified atom stereocenters. The van der Waals surface area contributed by atoms with Gasteiger partial charge in [0.2, 0.25) is 5.91 Å². The number of carbonyl (C=O) groups is 1. The maximum atomic E-state index is 12.2. The number of likely N-dealkylation sites (N-methyl/N-ethyl adjacent to an activating group) is 1. The largest absolute Gasteiger partial charge is 0.497 e. The molecule has 1 atom stereocenters. The predicted molar refractivity (Wildman–Crippen MR) is 89.0 cm³/mol. The van der Waals surface area contributed by atoms with Gasteiger partial charge in [-0.1, -0.05) is 6.42 Å². The van der Waals surface area contributed by atoms with Crippen LogP contribution in [0.2, 0.25) is 0 Å². The number of amides is 1. The molecule has 1 fully saturated rings. The second-order valence-electron chi connectivity index (χ2n) is 5.29. The van der Waals surface area contributed by atoms with Gasteiger partial charge in [-0.15, -0.1) is 12.4 Å². The number of benzene rings is 1. The van der Waals surface area contributed by atoms with E-state index in [1.807, 2.05) is 31.3 Å². The van der Waals surface area contributed by atoms with Crippen molar-refractivity contribution in [3.63, 3.8) is 0 Å². The van der Waals surface area contributed by atoms with Crippen LogP contribution in [0.1, 0.15) is 19.3 Å². The Labute approximate surface area is 138 Å². The van der Waals surface area contributed by atoms with Crippen molar-refractivity contribution in [1.82, 2.24) is 10.2 Å². The second-order valence-corrected chi connectivity index (χ2v) is 5.29. The summed E-state index contributed by atoms with van der Waals surface area (Å²) in [7, 11) is 3.46. The van der Waals surface area contributed by atoms with E-state index in [1.165, 1.54) is 0 Å². The van der Waals surface area contributed by atoms with Gasteiger partial charge in [-0.25, -0.2) is 0 Å². The highest BCUT2D eigenvalue weighted by atomic mass is 35.5. The van der Waals surface area contributed by atoms with Crippen molar-refractivity contribution in [1.29, 1.82) is 0 Å². The summed E-state index contributed by atoms with van der Waals surface area (Å²) in [5.74, 6) is 1.75. The van der Waals surface area contributed by atoms with Gasteiger partial charge in [0.05, 0.1) is 19.7 Å². The molecule has 0 spiro atoms. The maximum absolute atomic E-state index is 12.2. The van der Waals surface area contributed by atoms with E-state index in [2.05, 4.69) is 5.32 Å². The Hall–Kier alpha value is -1.46. The average molecular weight is 329 g/mol. The number of carbonyl (C=O) groups excluding carboxylic acids is 1. The fourth-order valence-corrected chi connectivity index (χ4v) is 2.41. The maximum Gasteiger partial charge on any atom is 0.239 e. The summed E-state index contributed by atoms with van der Waals surface area (Å²) in [6.45, 7) is 2.01. The summed E-state index contributed by atoms with van der Waals surface area (Å²) >= 11 is 0. The van der Waals surface area contributed by atoms with Crippen molar-refractivity contribution < 1.29 is 14.3 Å². The second kappa shape index (κ2) is 9.54. The molecule has 1 aromatic rings. The lowest BCUT2D eigenvalue weighted by Crippen LogP contribution is -2.48. The molecular weight excluding hydrogens is 304 g/mol. The summed E-state index contributed by atoms with van der Waals surface area (Å²) in [5.41, 5.74) is 0. The molecule has 124 valence electrons. The number of piperidine rings is 1. The Kier molecular flexibility index (Phi) is 8.06. The molecule has 1 aliphatic heterocycles. The highest BCUT2D eigenvalue weighted by Crippen LogP contribution is 2.17. The first-order chi connectivity index (χ1) is 10.2. The molecule has 1 heterocycles. The van der Waals surface area contributed by atoms with Crippen LogP contribution in [-0.4, -0.2) is 50.7 Å². The first-order valence-electron chi connectivity index (χ1n) is 7.46. The van der Waals surface area contributed by atoms with Gasteiger partial charge in [0.1, 0.15) is 18.1 Å². The van der Waals surface area contributed by atoms with Crippen LogP contribution in [0.3, 0.4) is 0 Å². The van der Waals surface area contributed by atoms with Gasteiger partial charge in [-0.2, -0.15) is 0 Å². The van der Waals surface area contributed by atoms with Gasteiger partial charge in [0.15, 0.2) is 0 Å². The van der Waals surface area contributed by atoms with Crippen molar-refractivity contribution in [2.24, 2.45) is 0 Å². The van der Waals surface area contributed by atoms with Crippen molar-refractivity contribution >= 4 is 18.3 Å². The number of nitrogens with zero attached hydrogens (tertiary/aromatic N) is 1. The van der Waals surface area contributed by atoms with Gasteiger partial charge in [-0.05, 0) is 43.7 Å². The minimum Gasteiger partial charge on any atom is -0.497 e. The van der Waals surface area contributed by atoms with Gasteiger partial charge in [-0.3, -0.25) is 4.79 Å². The van der Waals surface area contributed by atoms with Crippen LogP contribution in [0.15, 0.2) is 24.3 Å². The summed E-state index contributed by atoms with van der Waals surface area (Å²) in [4.78, 5) is 14.0. The van der Waals surface area contributed by atoms with Crippen LogP contribution in [0.5, 0.6) is 11.5 Å². The summed E-state index contributed by atoms with van der Waals surface area (Å²) in [6, 6.07) is 7.42. The first-order valence-corrected chi connectivity index (χ1v) is 7.46. The summed E-state index contributed by atoms with van der Waals surface area (Å²) in [6.07, 6.45) is 3.22. The number of nitrogens with one attached hydrogen (secondary N) is 1. The van der Waals surface area contributed by atoms with E-state index in [-0.39, 0.29) is 24.4 Å². The van der Waals surface area contributed by atoms with E-state index in [9.17, 15) is 4.79 Å². The Morgan fingerprint density at radius 3 is 2.55 bits per heavy atom. The SMILES string of the molecule is COc1ccc(OCCN(C)C(=O)[C@H]2CCCCN2)cc1.Cl. The molecule has 0 aliphatic carbocycles. The lowest BCUT2D eigenvalue weighted by molar-refractivity contribution is -0.133. The number of methoxy groups -OCH3 is 1. The van der Waals surface area contributed by atoms with Gasteiger partial charge in [0.25, 0.3) is 0 Å². The average Bonchev–Trinajstić information content (AvgIpc) is 2.55. The van der Waals surface area contributed by atoms with Crippen LogP contribution in [0.4, 0.5) is 0 Å². The zero-order valence-corrected chi connectivity index (χ0v) is 14.0. The number of hydrogen-bond donors (Lipinski definition) is 1. The molecule has 0 bridgehead atoms. The molecule has 0 radical (unpaired) electrons. The Morgan fingerprint density at radius 2 is 1.95 bits per heavy atom. The fourth-order valence-electron chi connectivity index (χ4n) is 2.41.